The highest BCUT2D eigenvalue weighted by atomic mass is 79.9. The molecule has 0 radical (unpaired) electrons. The molecule has 0 atom stereocenters. The smallest absolute Gasteiger partial charge is 0.280 e. The monoisotopic (exact) mass is 252 g/mol. The van der Waals surface area contributed by atoms with Crippen LogP contribution in [0, 0.1) is 0 Å². The second kappa shape index (κ2) is 3.97. The predicted octanol–water partition coefficient (Wildman–Crippen LogP) is 1.86. The number of hydrogen-bond acceptors (Lipinski definition) is 3. The van der Waals surface area contributed by atoms with Crippen molar-refractivity contribution in [2.75, 3.05) is 5.73 Å². The number of nitrogens with two attached hydrogens (primary N) is 1. The van der Waals surface area contributed by atoms with E-state index in [1.165, 1.54) is 6.20 Å². The van der Waals surface area contributed by atoms with Gasteiger partial charge in [0.2, 0.25) is 0 Å². The first-order chi connectivity index (χ1) is 6.07. The number of halogens is 3. The van der Waals surface area contributed by atoms with Crippen molar-refractivity contribution in [1.29, 1.82) is 0 Å². The van der Waals surface area contributed by atoms with Crippen molar-refractivity contribution in [3.8, 4) is 0 Å². The Kier molecular flexibility index (Phi) is 3.16. The van der Waals surface area contributed by atoms with Crippen LogP contribution >= 0.6 is 15.9 Å². The first-order valence-corrected chi connectivity index (χ1v) is 4.19. The Hall–Kier alpha value is -0.750. The summed E-state index contributed by atoms with van der Waals surface area (Å²) in [6, 6.07) is 0. The number of nitrogen functional groups attached to an aromatic ring is 1. The summed E-state index contributed by atoms with van der Waals surface area (Å²) >= 11 is 3.03. The van der Waals surface area contributed by atoms with Gasteiger partial charge in [-0.2, -0.15) is 0 Å². The van der Waals surface area contributed by atoms with Gasteiger partial charge in [0.15, 0.2) is 0 Å². The lowest BCUT2D eigenvalue weighted by atomic mass is 10.2. The standard InChI is InChI=1S/C7H7BrF2N2O/c8-4-1-12-6(7(9)10)3(2-13)5(4)11/h1,7,13H,2H2,(H2,11,12). The molecule has 6 heteroatoms. The van der Waals surface area contributed by atoms with Crippen molar-refractivity contribution in [1.82, 2.24) is 4.98 Å². The second-order valence-corrected chi connectivity index (χ2v) is 3.20. The van der Waals surface area contributed by atoms with Crippen LogP contribution in [-0.2, 0) is 6.61 Å². The summed E-state index contributed by atoms with van der Waals surface area (Å²) in [5, 5.41) is 8.80. The van der Waals surface area contributed by atoms with Crippen molar-refractivity contribution in [3.63, 3.8) is 0 Å². The van der Waals surface area contributed by atoms with Gasteiger partial charge in [0, 0.05) is 11.8 Å². The zero-order chi connectivity index (χ0) is 10.0. The minimum absolute atomic E-state index is 0.0237. The van der Waals surface area contributed by atoms with Gasteiger partial charge in [-0.25, -0.2) is 8.78 Å². The molecule has 3 N–H and O–H groups in total. The van der Waals surface area contributed by atoms with Crippen LogP contribution in [0.5, 0.6) is 0 Å². The molecule has 3 nitrogen and oxygen atoms in total. The van der Waals surface area contributed by atoms with Crippen LogP contribution in [0.15, 0.2) is 10.7 Å². The van der Waals surface area contributed by atoms with E-state index in [1.54, 1.807) is 0 Å². The van der Waals surface area contributed by atoms with E-state index in [-0.39, 0.29) is 11.3 Å². The zero-order valence-electron chi connectivity index (χ0n) is 6.47. The third kappa shape index (κ3) is 1.94. The fourth-order valence-electron chi connectivity index (χ4n) is 0.910. The average Bonchev–Trinajstić information content (AvgIpc) is 2.09. The van der Waals surface area contributed by atoms with Gasteiger partial charge in [0.25, 0.3) is 6.43 Å². The first kappa shape index (κ1) is 10.3. The molecule has 0 spiro atoms. The topological polar surface area (TPSA) is 59.1 Å². The molecule has 0 saturated heterocycles. The number of anilines is 1. The summed E-state index contributed by atoms with van der Waals surface area (Å²) in [4.78, 5) is 3.47. The second-order valence-electron chi connectivity index (χ2n) is 2.34. The van der Waals surface area contributed by atoms with E-state index < -0.39 is 18.7 Å². The highest BCUT2D eigenvalue weighted by Crippen LogP contribution is 2.29. The molecule has 0 bridgehead atoms. The Morgan fingerprint density at radius 2 is 2.23 bits per heavy atom. The predicted molar refractivity (Wildman–Crippen MR) is 47.2 cm³/mol. The van der Waals surface area contributed by atoms with E-state index >= 15 is 0 Å². The number of alkyl halides is 2. The Labute approximate surface area is 81.7 Å². The van der Waals surface area contributed by atoms with Gasteiger partial charge >= 0.3 is 0 Å². The quantitative estimate of drug-likeness (QED) is 0.845. The molecule has 0 saturated carbocycles. The fraction of sp³-hybridized carbons (Fsp3) is 0.286. The molecule has 72 valence electrons. The minimum atomic E-state index is -2.72. The maximum atomic E-state index is 12.3. The van der Waals surface area contributed by atoms with Crippen molar-refractivity contribution >= 4 is 21.6 Å². The number of aromatic nitrogens is 1. The van der Waals surface area contributed by atoms with Crippen LogP contribution in [0.2, 0.25) is 0 Å². The molecule has 0 aliphatic carbocycles. The van der Waals surface area contributed by atoms with Crippen LogP contribution in [0.1, 0.15) is 17.7 Å². The highest BCUT2D eigenvalue weighted by Gasteiger charge is 2.17. The molecule has 0 aromatic carbocycles. The molecule has 0 amide bonds. The van der Waals surface area contributed by atoms with Gasteiger partial charge in [0.1, 0.15) is 5.69 Å². The molecule has 0 aliphatic heterocycles. The van der Waals surface area contributed by atoms with E-state index in [9.17, 15) is 8.78 Å². The molecule has 1 rings (SSSR count). The van der Waals surface area contributed by atoms with Crippen molar-refractivity contribution in [3.05, 3.63) is 21.9 Å². The third-order valence-electron chi connectivity index (χ3n) is 1.57. The Bertz CT molecular complexity index is 320. The lowest BCUT2D eigenvalue weighted by Crippen LogP contribution is -2.04. The fourth-order valence-corrected chi connectivity index (χ4v) is 1.25. The summed E-state index contributed by atoms with van der Waals surface area (Å²) in [6.45, 7) is -0.544. The maximum absolute atomic E-state index is 12.3. The molecule has 1 aromatic rings. The van der Waals surface area contributed by atoms with Crippen molar-refractivity contribution < 1.29 is 13.9 Å². The van der Waals surface area contributed by atoms with Crippen LogP contribution in [-0.4, -0.2) is 10.1 Å². The summed E-state index contributed by atoms with van der Waals surface area (Å²) < 4.78 is 25.0. The molecular formula is C7H7BrF2N2O. The van der Waals surface area contributed by atoms with E-state index in [1.807, 2.05) is 0 Å². The number of pyridine rings is 1. The van der Waals surface area contributed by atoms with E-state index in [4.69, 9.17) is 10.8 Å². The lowest BCUT2D eigenvalue weighted by molar-refractivity contribution is 0.141. The molecule has 0 unspecified atom stereocenters. The normalized spacial score (nSPS) is 10.8. The Morgan fingerprint density at radius 1 is 1.62 bits per heavy atom. The van der Waals surface area contributed by atoms with Gasteiger partial charge in [-0.15, -0.1) is 0 Å². The summed E-state index contributed by atoms with van der Waals surface area (Å²) in [5.74, 6) is 0. The SMILES string of the molecule is Nc1c(Br)cnc(C(F)F)c1CO. The Morgan fingerprint density at radius 3 is 2.69 bits per heavy atom. The summed E-state index contributed by atoms with van der Waals surface area (Å²) in [5.41, 5.74) is 5.06. The minimum Gasteiger partial charge on any atom is -0.397 e. The average molecular weight is 253 g/mol. The van der Waals surface area contributed by atoms with E-state index in [2.05, 4.69) is 20.9 Å². The Balaban J connectivity index is 3.30. The van der Waals surface area contributed by atoms with Gasteiger partial charge < -0.3 is 10.8 Å². The molecule has 1 heterocycles. The number of hydrogen-bond donors (Lipinski definition) is 2. The van der Waals surface area contributed by atoms with Gasteiger partial charge in [0.05, 0.1) is 16.8 Å². The number of aliphatic hydroxyl groups excluding tert-OH is 1. The van der Waals surface area contributed by atoms with E-state index in [0.29, 0.717) is 4.47 Å². The largest absolute Gasteiger partial charge is 0.397 e. The van der Waals surface area contributed by atoms with Gasteiger partial charge in [-0.05, 0) is 15.9 Å². The van der Waals surface area contributed by atoms with Crippen LogP contribution in [0.4, 0.5) is 14.5 Å². The summed E-state index contributed by atoms with van der Waals surface area (Å²) in [6.07, 6.45) is -1.53. The molecule has 13 heavy (non-hydrogen) atoms. The van der Waals surface area contributed by atoms with Crippen LogP contribution in [0.25, 0.3) is 0 Å². The highest BCUT2D eigenvalue weighted by molar-refractivity contribution is 9.10. The number of nitrogens with zero attached hydrogens (tertiary/aromatic N) is 1. The van der Waals surface area contributed by atoms with Gasteiger partial charge in [-0.1, -0.05) is 0 Å². The van der Waals surface area contributed by atoms with Crippen LogP contribution < -0.4 is 5.73 Å². The lowest BCUT2D eigenvalue weighted by Gasteiger charge is -2.09. The molecule has 0 aliphatic rings. The maximum Gasteiger partial charge on any atom is 0.280 e. The molecule has 0 fully saturated rings. The summed E-state index contributed by atoms with van der Waals surface area (Å²) in [7, 11) is 0. The zero-order valence-corrected chi connectivity index (χ0v) is 8.05. The van der Waals surface area contributed by atoms with Gasteiger partial charge in [-0.3, -0.25) is 4.98 Å². The van der Waals surface area contributed by atoms with E-state index in [0.717, 1.165) is 0 Å². The number of aliphatic hydroxyl groups is 1. The molecule has 1 aromatic heterocycles. The molecular weight excluding hydrogens is 246 g/mol. The first-order valence-electron chi connectivity index (χ1n) is 3.39. The number of rotatable bonds is 2. The van der Waals surface area contributed by atoms with Crippen molar-refractivity contribution in [2.45, 2.75) is 13.0 Å². The van der Waals surface area contributed by atoms with Crippen LogP contribution in [0.3, 0.4) is 0 Å². The third-order valence-corrected chi connectivity index (χ3v) is 2.21. The van der Waals surface area contributed by atoms with Crippen molar-refractivity contribution in [2.24, 2.45) is 0 Å².